The molecule has 0 heterocycles. The quantitative estimate of drug-likeness (QED) is 0.297. The summed E-state index contributed by atoms with van der Waals surface area (Å²) in [6.07, 6.45) is 2.22. The van der Waals surface area contributed by atoms with Crippen LogP contribution in [0.15, 0.2) is 22.3 Å². The van der Waals surface area contributed by atoms with E-state index in [0.717, 1.165) is 12.8 Å². The van der Waals surface area contributed by atoms with Crippen molar-refractivity contribution in [2.24, 2.45) is 11.3 Å². The van der Waals surface area contributed by atoms with Gasteiger partial charge in [-0.25, -0.2) is 0 Å². The van der Waals surface area contributed by atoms with Crippen molar-refractivity contribution in [1.29, 1.82) is 0 Å². The largest absolute Gasteiger partial charge is 0.380 e. The molecule has 2 amide bonds. The molecule has 0 aliphatic heterocycles. The first-order chi connectivity index (χ1) is 15.7. The van der Waals surface area contributed by atoms with Crippen LogP contribution < -0.4 is 0 Å². The number of carbonyl (C=O) groups is 4. The van der Waals surface area contributed by atoms with Gasteiger partial charge in [-0.2, -0.15) is 0 Å². The van der Waals surface area contributed by atoms with Crippen molar-refractivity contribution in [3.63, 3.8) is 0 Å². The highest BCUT2D eigenvalue weighted by Gasteiger charge is 2.38. The van der Waals surface area contributed by atoms with Crippen LogP contribution in [-0.2, 0) is 23.9 Å². The molecule has 0 atom stereocenters. The predicted molar refractivity (Wildman–Crippen MR) is 134 cm³/mol. The predicted octanol–water partition coefficient (Wildman–Crippen LogP) is 3.97. The molecule has 0 radical (unpaired) electrons. The number of hydrogen-bond donors (Lipinski definition) is 0. The molecular formula is C27H44N2O5. The maximum atomic E-state index is 13.0. The molecule has 1 aliphatic rings. The lowest BCUT2D eigenvalue weighted by Crippen LogP contribution is -2.41. The first-order valence-corrected chi connectivity index (χ1v) is 12.3. The van der Waals surface area contributed by atoms with Crippen molar-refractivity contribution in [2.75, 3.05) is 39.9 Å². The summed E-state index contributed by atoms with van der Waals surface area (Å²) < 4.78 is 5.65. The Morgan fingerprint density at radius 3 is 2.06 bits per heavy atom. The van der Waals surface area contributed by atoms with Crippen molar-refractivity contribution in [3.05, 3.63) is 22.3 Å². The summed E-state index contributed by atoms with van der Waals surface area (Å²) in [6, 6.07) is 0. The minimum absolute atomic E-state index is 0.0586. The second kappa shape index (κ2) is 13.0. The minimum Gasteiger partial charge on any atom is -0.380 e. The molecule has 0 unspecified atom stereocenters. The van der Waals surface area contributed by atoms with Crippen LogP contribution in [0.3, 0.4) is 0 Å². The number of hydrogen-bond acceptors (Lipinski definition) is 5. The molecule has 0 aromatic rings. The SMILES string of the molecule is CC(=O)N(CCOCCCC(C)C)CCN(C)C(=O)CC(C)(C)C1=C(C)C(=O)C(C)=C(C)C1=O. The Kier molecular flexibility index (Phi) is 11.4. The third-order valence-corrected chi connectivity index (χ3v) is 6.61. The molecular weight excluding hydrogens is 432 g/mol. The number of ketones is 2. The third-order valence-electron chi connectivity index (χ3n) is 6.61. The summed E-state index contributed by atoms with van der Waals surface area (Å²) in [5, 5.41) is 0. The smallest absolute Gasteiger partial charge is 0.223 e. The molecule has 0 fully saturated rings. The third kappa shape index (κ3) is 8.19. The molecule has 0 spiro atoms. The maximum absolute atomic E-state index is 13.0. The van der Waals surface area contributed by atoms with E-state index in [9.17, 15) is 19.2 Å². The summed E-state index contributed by atoms with van der Waals surface area (Å²) in [4.78, 5) is 53.8. The lowest BCUT2D eigenvalue weighted by atomic mass is 9.71. The normalized spacial score (nSPS) is 14.9. The van der Waals surface area contributed by atoms with Crippen LogP contribution in [0, 0.1) is 11.3 Å². The van der Waals surface area contributed by atoms with Crippen LogP contribution in [-0.4, -0.2) is 73.1 Å². The average molecular weight is 477 g/mol. The summed E-state index contributed by atoms with van der Waals surface area (Å²) in [5.74, 6) is 0.159. The Morgan fingerprint density at radius 2 is 1.50 bits per heavy atom. The standard InChI is InChI=1S/C27H44N2O5/c1-18(2)11-10-15-34-16-14-29(22(6)30)13-12-28(9)23(31)17-27(7,8)24-21(5)25(32)19(3)20(4)26(24)33/h18H,10-17H2,1-9H3. The number of carbonyl (C=O) groups excluding carboxylic acids is 4. The van der Waals surface area contributed by atoms with E-state index in [2.05, 4.69) is 13.8 Å². The second-order valence-electron chi connectivity index (χ2n) is 10.4. The summed E-state index contributed by atoms with van der Waals surface area (Å²) in [5.41, 5.74) is 0.975. The van der Waals surface area contributed by atoms with E-state index in [-0.39, 0.29) is 29.8 Å². The topological polar surface area (TPSA) is 84.0 Å². The molecule has 0 saturated carbocycles. The zero-order chi connectivity index (χ0) is 26.2. The zero-order valence-corrected chi connectivity index (χ0v) is 22.7. The van der Waals surface area contributed by atoms with Gasteiger partial charge in [0.2, 0.25) is 11.8 Å². The first-order valence-electron chi connectivity index (χ1n) is 12.3. The number of nitrogens with zero attached hydrogens (tertiary/aromatic N) is 2. The van der Waals surface area contributed by atoms with Crippen molar-refractivity contribution in [2.45, 2.75) is 74.7 Å². The number of Topliss-reactive ketones (excluding diaryl/α,β-unsaturated/α-hetero) is 2. The van der Waals surface area contributed by atoms with Gasteiger partial charge in [0.15, 0.2) is 11.6 Å². The molecule has 1 rings (SSSR count). The molecule has 0 aromatic heterocycles. The van der Waals surface area contributed by atoms with E-state index >= 15 is 0 Å². The highest BCUT2D eigenvalue weighted by Crippen LogP contribution is 2.39. The lowest BCUT2D eigenvalue weighted by molar-refractivity contribution is -0.134. The van der Waals surface area contributed by atoms with Gasteiger partial charge in [0, 0.05) is 74.3 Å². The minimum atomic E-state index is -0.784. The fourth-order valence-electron chi connectivity index (χ4n) is 4.20. The molecule has 34 heavy (non-hydrogen) atoms. The van der Waals surface area contributed by atoms with Gasteiger partial charge in [0.25, 0.3) is 0 Å². The average Bonchev–Trinajstić information content (AvgIpc) is 2.74. The van der Waals surface area contributed by atoms with Gasteiger partial charge >= 0.3 is 0 Å². The Morgan fingerprint density at radius 1 is 0.912 bits per heavy atom. The van der Waals surface area contributed by atoms with Crippen LogP contribution in [0.4, 0.5) is 0 Å². The van der Waals surface area contributed by atoms with E-state index < -0.39 is 5.41 Å². The number of amides is 2. The molecule has 0 saturated heterocycles. The van der Waals surface area contributed by atoms with Crippen LogP contribution in [0.5, 0.6) is 0 Å². The second-order valence-corrected chi connectivity index (χ2v) is 10.4. The van der Waals surface area contributed by atoms with Gasteiger partial charge in [-0.1, -0.05) is 27.7 Å². The van der Waals surface area contributed by atoms with Crippen LogP contribution >= 0.6 is 0 Å². The van der Waals surface area contributed by atoms with E-state index in [1.165, 1.54) is 6.92 Å². The fraction of sp³-hybridized carbons (Fsp3) is 0.704. The first kappa shape index (κ1) is 29.8. The van der Waals surface area contributed by atoms with Crippen LogP contribution in [0.2, 0.25) is 0 Å². The van der Waals surface area contributed by atoms with E-state index in [4.69, 9.17) is 4.74 Å². The summed E-state index contributed by atoms with van der Waals surface area (Å²) >= 11 is 0. The van der Waals surface area contributed by atoms with Gasteiger partial charge in [-0.3, -0.25) is 19.2 Å². The number of rotatable bonds is 13. The van der Waals surface area contributed by atoms with Gasteiger partial charge < -0.3 is 14.5 Å². The molecule has 1 aliphatic carbocycles. The van der Waals surface area contributed by atoms with Crippen molar-refractivity contribution in [3.8, 4) is 0 Å². The van der Waals surface area contributed by atoms with Crippen molar-refractivity contribution < 1.29 is 23.9 Å². The van der Waals surface area contributed by atoms with Crippen LogP contribution in [0.25, 0.3) is 0 Å². The summed E-state index contributed by atoms with van der Waals surface area (Å²) in [6.45, 7) is 17.0. The van der Waals surface area contributed by atoms with Crippen LogP contribution in [0.1, 0.15) is 74.7 Å². The fourth-order valence-corrected chi connectivity index (χ4v) is 4.20. The molecule has 7 heteroatoms. The van der Waals surface area contributed by atoms with Crippen molar-refractivity contribution in [1.82, 2.24) is 9.80 Å². The number of allylic oxidation sites excluding steroid dienone is 4. The molecule has 192 valence electrons. The molecule has 0 N–H and O–H groups in total. The Bertz CT molecular complexity index is 851. The molecule has 7 nitrogen and oxygen atoms in total. The highest BCUT2D eigenvalue weighted by atomic mass is 16.5. The van der Waals surface area contributed by atoms with Gasteiger partial charge in [0.1, 0.15) is 0 Å². The Balaban J connectivity index is 2.67. The molecule has 0 aromatic carbocycles. The van der Waals surface area contributed by atoms with E-state index in [1.807, 2.05) is 13.8 Å². The molecule has 0 bridgehead atoms. The van der Waals surface area contributed by atoms with Crippen molar-refractivity contribution >= 4 is 23.4 Å². The number of ether oxygens (including phenoxy) is 1. The van der Waals surface area contributed by atoms with Gasteiger partial charge in [-0.15, -0.1) is 0 Å². The summed E-state index contributed by atoms with van der Waals surface area (Å²) in [7, 11) is 1.70. The van der Waals surface area contributed by atoms with E-state index in [1.54, 1.807) is 37.6 Å². The Hall–Kier alpha value is -2.28. The zero-order valence-electron chi connectivity index (χ0n) is 22.7. The highest BCUT2D eigenvalue weighted by molar-refractivity contribution is 6.25. The maximum Gasteiger partial charge on any atom is 0.223 e. The number of likely N-dealkylation sites (N-methyl/N-ethyl adjacent to an activating group) is 1. The monoisotopic (exact) mass is 476 g/mol. The van der Waals surface area contributed by atoms with Gasteiger partial charge in [-0.05, 0) is 39.5 Å². The van der Waals surface area contributed by atoms with E-state index in [0.29, 0.717) is 61.1 Å². The van der Waals surface area contributed by atoms with Gasteiger partial charge in [0.05, 0.1) is 6.61 Å². The Labute approximate surface area is 205 Å². The lowest BCUT2D eigenvalue weighted by Gasteiger charge is -2.33.